The number of benzene rings is 1. The summed E-state index contributed by atoms with van der Waals surface area (Å²) in [5.74, 6) is 1.58. The van der Waals surface area contributed by atoms with E-state index >= 15 is 0 Å². The average Bonchev–Trinajstić information content (AvgIpc) is 3.51. The predicted octanol–water partition coefficient (Wildman–Crippen LogP) is 5.08. The number of methoxy groups -OCH3 is 1. The number of hydrogen-bond acceptors (Lipinski definition) is 6. The zero-order chi connectivity index (χ0) is 25.7. The van der Waals surface area contributed by atoms with Gasteiger partial charge in [0.05, 0.1) is 12.8 Å². The van der Waals surface area contributed by atoms with E-state index in [0.29, 0.717) is 35.3 Å². The van der Waals surface area contributed by atoms with Crippen molar-refractivity contribution in [2.45, 2.75) is 31.4 Å². The van der Waals surface area contributed by atoms with Crippen LogP contribution in [-0.2, 0) is 19.6 Å². The van der Waals surface area contributed by atoms with E-state index in [9.17, 15) is 13.2 Å². The third kappa shape index (κ3) is 4.30. The Morgan fingerprint density at radius 1 is 1.03 bits per heavy atom. The van der Waals surface area contributed by atoms with Crippen molar-refractivity contribution in [3.63, 3.8) is 0 Å². The minimum atomic E-state index is -4.49. The van der Waals surface area contributed by atoms with Crippen LogP contribution < -0.4 is 4.74 Å². The molecule has 0 atom stereocenters. The van der Waals surface area contributed by atoms with Crippen molar-refractivity contribution in [2.75, 3.05) is 7.11 Å². The smallest absolute Gasteiger partial charge is 0.434 e. The number of fused-ring (bicyclic) bond motifs is 1. The second-order valence-corrected chi connectivity index (χ2v) is 9.07. The quantitative estimate of drug-likeness (QED) is 0.320. The molecule has 4 aromatic heterocycles. The number of aromatic nitrogens is 7. The Balaban J connectivity index is 1.32. The van der Waals surface area contributed by atoms with E-state index in [2.05, 4.69) is 15.0 Å². The maximum absolute atomic E-state index is 13.0. The monoisotopic (exact) mass is 505 g/mol. The van der Waals surface area contributed by atoms with E-state index in [0.717, 1.165) is 41.6 Å². The number of aryl methyl sites for hydroxylation is 1. The van der Waals surface area contributed by atoms with Crippen LogP contribution in [-0.4, -0.2) is 41.2 Å². The molecule has 1 aromatic carbocycles. The third-order valence-corrected chi connectivity index (χ3v) is 6.43. The molecule has 0 spiro atoms. The molecule has 1 fully saturated rings. The maximum Gasteiger partial charge on any atom is 0.434 e. The summed E-state index contributed by atoms with van der Waals surface area (Å²) in [7, 11) is 3.12. The summed E-state index contributed by atoms with van der Waals surface area (Å²) >= 11 is 0. The van der Waals surface area contributed by atoms with Crippen LogP contribution in [0.1, 0.15) is 41.4 Å². The minimum absolute atomic E-state index is 0.257. The van der Waals surface area contributed by atoms with Gasteiger partial charge in [0.25, 0.3) is 0 Å². The number of pyridine rings is 1. The molecule has 0 N–H and O–H groups in total. The average molecular weight is 506 g/mol. The van der Waals surface area contributed by atoms with Crippen LogP contribution in [0.15, 0.2) is 55.0 Å². The Bertz CT molecular complexity index is 1600. The molecule has 0 aliphatic heterocycles. The predicted molar refractivity (Wildman–Crippen MR) is 129 cm³/mol. The fraction of sp³-hybridized carbons (Fsp3) is 0.269. The van der Waals surface area contributed by atoms with Gasteiger partial charge in [0.15, 0.2) is 17.2 Å². The van der Waals surface area contributed by atoms with E-state index in [-0.39, 0.29) is 5.82 Å². The molecule has 0 amide bonds. The largest absolute Gasteiger partial charge is 0.480 e. The summed E-state index contributed by atoms with van der Waals surface area (Å²) < 4.78 is 47.8. The molecule has 6 rings (SSSR count). The number of ether oxygens (including phenoxy) is 1. The Morgan fingerprint density at radius 3 is 2.49 bits per heavy atom. The van der Waals surface area contributed by atoms with Gasteiger partial charge in [0.1, 0.15) is 17.7 Å². The van der Waals surface area contributed by atoms with Crippen LogP contribution in [0.25, 0.3) is 28.4 Å². The van der Waals surface area contributed by atoms with Crippen LogP contribution in [0.5, 0.6) is 5.88 Å². The molecule has 37 heavy (non-hydrogen) atoms. The summed E-state index contributed by atoms with van der Waals surface area (Å²) in [5, 5.41) is 4.79. The topological polar surface area (TPSA) is 83.0 Å². The SMILES string of the molecule is COc1ncnc(C2CC2)c1-c1nc2cccc(Cc3ccc(-c4nc(C(F)(F)F)cn4C)cc3)n2n1. The van der Waals surface area contributed by atoms with Crippen molar-refractivity contribution in [3.8, 4) is 28.7 Å². The second kappa shape index (κ2) is 8.68. The number of nitrogens with zero attached hydrogens (tertiary/aromatic N) is 7. The molecule has 0 bridgehead atoms. The van der Waals surface area contributed by atoms with Crippen LogP contribution >= 0.6 is 0 Å². The van der Waals surface area contributed by atoms with Gasteiger partial charge in [-0.25, -0.2) is 24.5 Å². The van der Waals surface area contributed by atoms with Crippen LogP contribution in [0, 0.1) is 0 Å². The third-order valence-electron chi connectivity index (χ3n) is 6.43. The van der Waals surface area contributed by atoms with Crippen molar-refractivity contribution in [1.82, 2.24) is 34.1 Å². The van der Waals surface area contributed by atoms with Crippen molar-refractivity contribution in [1.29, 1.82) is 0 Å². The molecule has 0 saturated heterocycles. The van der Waals surface area contributed by atoms with Gasteiger partial charge in [0, 0.05) is 36.8 Å². The van der Waals surface area contributed by atoms with Crippen molar-refractivity contribution >= 4 is 5.65 Å². The normalized spacial score (nSPS) is 13.9. The second-order valence-electron chi connectivity index (χ2n) is 9.07. The first-order chi connectivity index (χ1) is 17.8. The Kier molecular flexibility index (Phi) is 5.43. The van der Waals surface area contributed by atoms with Gasteiger partial charge in [-0.15, -0.1) is 5.10 Å². The lowest BCUT2D eigenvalue weighted by Crippen LogP contribution is -2.04. The maximum atomic E-state index is 13.0. The molecule has 1 saturated carbocycles. The van der Waals surface area contributed by atoms with Gasteiger partial charge in [-0.2, -0.15) is 13.2 Å². The van der Waals surface area contributed by atoms with E-state index in [4.69, 9.17) is 14.8 Å². The molecular formula is C26H22F3N7O. The highest BCUT2D eigenvalue weighted by Gasteiger charge is 2.34. The van der Waals surface area contributed by atoms with Gasteiger partial charge >= 0.3 is 6.18 Å². The first-order valence-electron chi connectivity index (χ1n) is 11.8. The minimum Gasteiger partial charge on any atom is -0.480 e. The molecule has 4 heterocycles. The van der Waals surface area contributed by atoms with Crippen LogP contribution in [0.2, 0.25) is 0 Å². The van der Waals surface area contributed by atoms with Crippen molar-refractivity contribution in [3.05, 3.63) is 77.6 Å². The highest BCUT2D eigenvalue weighted by molar-refractivity contribution is 5.67. The molecule has 11 heteroatoms. The van der Waals surface area contributed by atoms with Gasteiger partial charge in [-0.05, 0) is 30.5 Å². The van der Waals surface area contributed by atoms with E-state index < -0.39 is 11.9 Å². The van der Waals surface area contributed by atoms with Crippen molar-refractivity contribution < 1.29 is 17.9 Å². The van der Waals surface area contributed by atoms with Crippen LogP contribution in [0.3, 0.4) is 0 Å². The number of alkyl halides is 3. The highest BCUT2D eigenvalue weighted by Crippen LogP contribution is 2.44. The van der Waals surface area contributed by atoms with E-state index in [1.54, 1.807) is 30.8 Å². The lowest BCUT2D eigenvalue weighted by atomic mass is 10.1. The van der Waals surface area contributed by atoms with E-state index in [1.807, 2.05) is 30.3 Å². The Labute approximate surface area is 209 Å². The van der Waals surface area contributed by atoms with Gasteiger partial charge in [0.2, 0.25) is 5.88 Å². The zero-order valence-corrected chi connectivity index (χ0v) is 20.1. The summed E-state index contributed by atoms with van der Waals surface area (Å²) in [4.78, 5) is 17.3. The molecule has 5 aromatic rings. The van der Waals surface area contributed by atoms with Gasteiger partial charge in [-0.1, -0.05) is 30.3 Å². The standard InChI is InChI=1S/C26H22F3N7O/c1-35-13-19(26(27,28)29)32-24(35)17-8-6-15(7-9-17)12-18-4-3-5-20-33-23(34-36(18)20)21-22(16-10-11-16)30-14-31-25(21)37-2/h3-9,13-14,16H,10-12H2,1-2H3. The van der Waals surface area contributed by atoms with Gasteiger partial charge in [-0.3, -0.25) is 0 Å². The fourth-order valence-corrected chi connectivity index (χ4v) is 4.46. The first kappa shape index (κ1) is 23.1. The summed E-state index contributed by atoms with van der Waals surface area (Å²) in [6, 6.07) is 13.1. The molecule has 188 valence electrons. The number of rotatable bonds is 6. The summed E-state index contributed by atoms with van der Waals surface area (Å²) in [6.45, 7) is 0. The fourth-order valence-electron chi connectivity index (χ4n) is 4.46. The molecule has 0 unspecified atom stereocenters. The summed E-state index contributed by atoms with van der Waals surface area (Å²) in [5.41, 5.74) is 3.88. The summed E-state index contributed by atoms with van der Waals surface area (Å²) in [6.07, 6.45) is 0.700. The van der Waals surface area contributed by atoms with E-state index in [1.165, 1.54) is 10.9 Å². The first-order valence-corrected chi connectivity index (χ1v) is 11.8. The Morgan fingerprint density at radius 2 is 1.81 bits per heavy atom. The Hall–Kier alpha value is -4.28. The number of imidazole rings is 1. The number of hydrogen-bond donors (Lipinski definition) is 0. The zero-order valence-electron chi connectivity index (χ0n) is 20.1. The van der Waals surface area contributed by atoms with Gasteiger partial charge < -0.3 is 9.30 Å². The highest BCUT2D eigenvalue weighted by atomic mass is 19.4. The van der Waals surface area contributed by atoms with Crippen LogP contribution in [0.4, 0.5) is 13.2 Å². The molecule has 1 aliphatic carbocycles. The number of halogens is 3. The molecule has 8 nitrogen and oxygen atoms in total. The lowest BCUT2D eigenvalue weighted by molar-refractivity contribution is -0.140. The lowest BCUT2D eigenvalue weighted by Gasteiger charge is -2.08. The molecular weight excluding hydrogens is 483 g/mol. The van der Waals surface area contributed by atoms with Crippen molar-refractivity contribution in [2.24, 2.45) is 7.05 Å². The molecule has 1 aliphatic rings. The molecule has 0 radical (unpaired) electrons.